The molecule has 0 radical (unpaired) electrons. The number of carboxylic acids is 1. The van der Waals surface area contributed by atoms with E-state index in [0.717, 1.165) is 4.68 Å². The minimum Gasteiger partial charge on any atom is -0.477 e. The maximum absolute atomic E-state index is 12.8. The van der Waals surface area contributed by atoms with Crippen LogP contribution in [0, 0.1) is 0 Å². The van der Waals surface area contributed by atoms with E-state index in [4.69, 9.17) is 9.84 Å². The number of halogens is 1. The van der Waals surface area contributed by atoms with Gasteiger partial charge < -0.3 is 15.2 Å². The topological polar surface area (TPSA) is 93.5 Å². The summed E-state index contributed by atoms with van der Waals surface area (Å²) in [6.07, 6.45) is 0.937. The van der Waals surface area contributed by atoms with Crippen molar-refractivity contribution in [2.75, 3.05) is 6.54 Å². The number of amides is 1. The molecule has 0 saturated heterocycles. The first-order valence-corrected chi connectivity index (χ1v) is 6.23. The van der Waals surface area contributed by atoms with Gasteiger partial charge in [0.05, 0.1) is 12.9 Å². The summed E-state index contributed by atoms with van der Waals surface area (Å²) in [6, 6.07) is 1.31. The highest BCUT2D eigenvalue weighted by molar-refractivity contribution is 5.85. The van der Waals surface area contributed by atoms with Gasteiger partial charge in [-0.3, -0.25) is 4.68 Å². The second-order valence-electron chi connectivity index (χ2n) is 5.30. The predicted molar refractivity (Wildman–Crippen MR) is 72.6 cm³/mol. The number of aromatic carboxylic acids is 1. The minimum atomic E-state index is -1.16. The average molecular weight is 299 g/mol. The molecule has 0 unspecified atom stereocenters. The Morgan fingerprint density at radius 1 is 1.52 bits per heavy atom. The lowest BCUT2D eigenvalue weighted by Gasteiger charge is -2.20. The summed E-state index contributed by atoms with van der Waals surface area (Å²) in [5.74, 6) is -1.16. The molecular weight excluding hydrogens is 281 g/mol. The van der Waals surface area contributed by atoms with Crippen LogP contribution in [0.5, 0.6) is 0 Å². The van der Waals surface area contributed by atoms with Crippen molar-refractivity contribution in [3.8, 4) is 0 Å². The minimum absolute atomic E-state index is 0.0633. The average Bonchev–Trinajstić information content (AvgIpc) is 2.80. The SMILES string of the molecule is CC(C)(C)OC(=O)NC/C(=C\F)Cn1nccc1C(=O)O. The molecular formula is C13H18FN3O4. The molecule has 0 spiro atoms. The van der Waals surface area contributed by atoms with Crippen LogP contribution in [0.25, 0.3) is 0 Å². The zero-order chi connectivity index (χ0) is 16.0. The molecule has 1 aromatic rings. The number of hydrogen-bond donors (Lipinski definition) is 2. The van der Waals surface area contributed by atoms with Crippen molar-refractivity contribution in [1.29, 1.82) is 0 Å². The predicted octanol–water partition coefficient (Wildman–Crippen LogP) is 1.96. The highest BCUT2D eigenvalue weighted by Gasteiger charge is 2.17. The zero-order valence-corrected chi connectivity index (χ0v) is 12.1. The van der Waals surface area contributed by atoms with E-state index >= 15 is 0 Å². The van der Waals surface area contributed by atoms with Gasteiger partial charge in [0.25, 0.3) is 0 Å². The molecule has 21 heavy (non-hydrogen) atoms. The Hall–Kier alpha value is -2.38. The molecule has 2 N–H and O–H groups in total. The number of carbonyl (C=O) groups excluding carboxylic acids is 1. The van der Waals surface area contributed by atoms with E-state index in [0.29, 0.717) is 6.33 Å². The first kappa shape index (κ1) is 16.7. The number of alkyl carbamates (subject to hydrolysis) is 1. The standard InChI is InChI=1S/C13H18FN3O4/c1-13(2,3)21-12(20)15-7-9(6-14)8-17-10(11(18)19)4-5-16-17/h4-6H,7-8H2,1-3H3,(H,15,20)(H,18,19)/b9-6+. The molecule has 0 aromatic carbocycles. The Labute approximate surface area is 121 Å². The van der Waals surface area contributed by atoms with E-state index in [1.54, 1.807) is 20.8 Å². The lowest BCUT2D eigenvalue weighted by molar-refractivity contribution is 0.0530. The van der Waals surface area contributed by atoms with Gasteiger partial charge in [0.2, 0.25) is 0 Å². The highest BCUT2D eigenvalue weighted by atomic mass is 19.1. The molecule has 7 nitrogen and oxygen atoms in total. The molecule has 0 bridgehead atoms. The molecule has 116 valence electrons. The molecule has 0 fully saturated rings. The van der Waals surface area contributed by atoms with Crippen LogP contribution in [0.3, 0.4) is 0 Å². The van der Waals surface area contributed by atoms with Crippen molar-refractivity contribution in [1.82, 2.24) is 15.1 Å². The Kier molecular flexibility index (Phi) is 5.45. The number of ether oxygens (including phenoxy) is 1. The summed E-state index contributed by atoms with van der Waals surface area (Å²) in [5.41, 5.74) is -0.555. The van der Waals surface area contributed by atoms with E-state index in [2.05, 4.69) is 10.4 Å². The summed E-state index contributed by atoms with van der Waals surface area (Å²) in [5, 5.41) is 15.1. The van der Waals surface area contributed by atoms with Gasteiger partial charge in [-0.25, -0.2) is 14.0 Å². The number of carbonyl (C=O) groups is 2. The van der Waals surface area contributed by atoms with Crippen molar-refractivity contribution in [3.05, 3.63) is 29.9 Å². The van der Waals surface area contributed by atoms with Gasteiger partial charge in [-0.05, 0) is 32.4 Å². The molecule has 8 heteroatoms. The molecule has 0 aliphatic heterocycles. The first-order valence-electron chi connectivity index (χ1n) is 6.23. The highest BCUT2D eigenvalue weighted by Crippen LogP contribution is 2.08. The Balaban J connectivity index is 2.59. The zero-order valence-electron chi connectivity index (χ0n) is 12.1. The monoisotopic (exact) mass is 299 g/mol. The molecule has 1 rings (SSSR count). The maximum Gasteiger partial charge on any atom is 0.407 e. The summed E-state index contributed by atoms with van der Waals surface area (Å²) in [6.45, 7) is 4.94. The van der Waals surface area contributed by atoms with Gasteiger partial charge in [-0.15, -0.1) is 0 Å². The van der Waals surface area contributed by atoms with Crippen molar-refractivity contribution in [2.24, 2.45) is 0 Å². The fourth-order valence-electron chi connectivity index (χ4n) is 1.46. The van der Waals surface area contributed by atoms with E-state index < -0.39 is 17.7 Å². The summed E-state index contributed by atoms with van der Waals surface area (Å²) in [7, 11) is 0. The second-order valence-corrected chi connectivity index (χ2v) is 5.30. The number of hydrogen-bond acceptors (Lipinski definition) is 4. The van der Waals surface area contributed by atoms with Crippen LogP contribution in [0.4, 0.5) is 9.18 Å². The smallest absolute Gasteiger partial charge is 0.407 e. The summed E-state index contributed by atoms with van der Waals surface area (Å²) < 4.78 is 19.0. The van der Waals surface area contributed by atoms with Gasteiger partial charge in [0.15, 0.2) is 0 Å². The fourth-order valence-corrected chi connectivity index (χ4v) is 1.46. The third-order valence-corrected chi connectivity index (χ3v) is 2.30. The molecule has 0 aliphatic carbocycles. The van der Waals surface area contributed by atoms with E-state index in [1.165, 1.54) is 12.3 Å². The van der Waals surface area contributed by atoms with Crippen LogP contribution in [-0.2, 0) is 11.3 Å². The van der Waals surface area contributed by atoms with Crippen LogP contribution in [0.2, 0.25) is 0 Å². The number of carboxylic acid groups (broad SMARTS) is 1. The van der Waals surface area contributed by atoms with E-state index in [1.807, 2.05) is 0 Å². The number of rotatable bonds is 5. The Bertz CT molecular complexity index is 546. The Morgan fingerprint density at radius 3 is 2.71 bits per heavy atom. The third kappa shape index (κ3) is 5.64. The lowest BCUT2D eigenvalue weighted by Crippen LogP contribution is -2.34. The van der Waals surface area contributed by atoms with Crippen molar-refractivity contribution >= 4 is 12.1 Å². The maximum atomic E-state index is 12.8. The number of nitrogens with one attached hydrogen (secondary N) is 1. The van der Waals surface area contributed by atoms with Gasteiger partial charge in [0, 0.05) is 12.7 Å². The Morgan fingerprint density at radius 2 is 2.19 bits per heavy atom. The van der Waals surface area contributed by atoms with Crippen molar-refractivity contribution < 1.29 is 23.8 Å². The number of nitrogens with zero attached hydrogens (tertiary/aromatic N) is 2. The van der Waals surface area contributed by atoms with Crippen LogP contribution < -0.4 is 5.32 Å². The molecule has 1 amide bonds. The molecule has 0 saturated carbocycles. The van der Waals surface area contributed by atoms with Gasteiger partial charge in [0.1, 0.15) is 11.3 Å². The summed E-state index contributed by atoms with van der Waals surface area (Å²) in [4.78, 5) is 22.4. The molecule has 0 atom stereocenters. The van der Waals surface area contributed by atoms with Crippen LogP contribution in [-0.4, -0.2) is 39.1 Å². The van der Waals surface area contributed by atoms with Crippen LogP contribution in [0.1, 0.15) is 31.3 Å². The third-order valence-electron chi connectivity index (χ3n) is 2.30. The van der Waals surface area contributed by atoms with E-state index in [9.17, 15) is 14.0 Å². The first-order chi connectivity index (χ1) is 9.73. The molecule has 1 aromatic heterocycles. The van der Waals surface area contributed by atoms with Crippen molar-refractivity contribution in [3.63, 3.8) is 0 Å². The number of aromatic nitrogens is 2. The fraction of sp³-hybridized carbons (Fsp3) is 0.462. The quantitative estimate of drug-likeness (QED) is 0.867. The van der Waals surface area contributed by atoms with Crippen LogP contribution >= 0.6 is 0 Å². The van der Waals surface area contributed by atoms with Gasteiger partial charge in [-0.2, -0.15) is 5.10 Å². The van der Waals surface area contributed by atoms with Crippen molar-refractivity contribution in [2.45, 2.75) is 32.9 Å². The molecule has 1 heterocycles. The second kappa shape index (κ2) is 6.87. The van der Waals surface area contributed by atoms with Crippen LogP contribution in [0.15, 0.2) is 24.2 Å². The summed E-state index contributed by atoms with van der Waals surface area (Å²) >= 11 is 0. The normalized spacial score (nSPS) is 12.1. The van der Waals surface area contributed by atoms with Gasteiger partial charge >= 0.3 is 12.1 Å². The van der Waals surface area contributed by atoms with Gasteiger partial charge in [-0.1, -0.05) is 0 Å². The lowest BCUT2D eigenvalue weighted by atomic mass is 10.2. The van der Waals surface area contributed by atoms with E-state index in [-0.39, 0.29) is 24.4 Å². The largest absolute Gasteiger partial charge is 0.477 e. The molecule has 0 aliphatic rings.